The first-order valence-corrected chi connectivity index (χ1v) is 10.6. The highest BCUT2D eigenvalue weighted by molar-refractivity contribution is 7.74. The lowest BCUT2D eigenvalue weighted by molar-refractivity contribution is 0.178. The van der Waals surface area contributed by atoms with Gasteiger partial charge in [-0.05, 0) is 27.7 Å². The summed E-state index contributed by atoms with van der Waals surface area (Å²) < 4.78 is 48.4. The van der Waals surface area contributed by atoms with Gasteiger partial charge in [-0.25, -0.2) is 0 Å². The quantitative estimate of drug-likeness (QED) is 0.381. The lowest BCUT2D eigenvalue weighted by atomic mass is 10.2. The van der Waals surface area contributed by atoms with E-state index in [4.69, 9.17) is 30.9 Å². The van der Waals surface area contributed by atoms with Crippen molar-refractivity contribution in [3.05, 3.63) is 0 Å². The van der Waals surface area contributed by atoms with Crippen LogP contribution in [0.5, 0.6) is 0 Å². The molecule has 0 aromatic carbocycles. The Bertz CT molecular complexity index is 463. The fourth-order valence-electron chi connectivity index (χ4n) is 2.16. The van der Waals surface area contributed by atoms with Gasteiger partial charge in [0.1, 0.15) is 0 Å². The summed E-state index contributed by atoms with van der Waals surface area (Å²) in [6, 6.07) is 0. The molecule has 6 nitrogen and oxygen atoms in total. The predicted molar refractivity (Wildman–Crippen MR) is 91.3 cm³/mol. The van der Waals surface area contributed by atoms with E-state index < -0.39 is 20.1 Å². The van der Waals surface area contributed by atoms with E-state index in [1.807, 2.05) is 0 Å². The maximum Gasteiger partial charge on any atom is 0.350 e. The average Bonchev–Trinajstić information content (AvgIpc) is 2.47. The first kappa shape index (κ1) is 22.4. The Hall–Kier alpha value is -0.580. The van der Waals surface area contributed by atoms with Gasteiger partial charge >= 0.3 is 15.2 Å². The summed E-state index contributed by atoms with van der Waals surface area (Å²) in [4.78, 5) is -1.73. The van der Waals surface area contributed by atoms with Gasteiger partial charge in [-0.2, -0.15) is 0 Å². The van der Waals surface area contributed by atoms with Gasteiger partial charge in [-0.3, -0.25) is 9.13 Å². The van der Waals surface area contributed by atoms with Crippen molar-refractivity contribution >= 4 is 15.2 Å². The SMILES string of the molecule is C#CCC(CC#C)(P(=O)(OCC)OCC)P(=O)(OCC)OCC. The van der Waals surface area contributed by atoms with Crippen LogP contribution in [0.1, 0.15) is 40.5 Å². The molecule has 0 N–H and O–H groups in total. The van der Waals surface area contributed by atoms with E-state index in [1.54, 1.807) is 27.7 Å². The van der Waals surface area contributed by atoms with Crippen LogP contribution >= 0.6 is 15.2 Å². The second-order valence-corrected chi connectivity index (χ2v) is 9.50. The molecule has 0 spiro atoms. The maximum atomic E-state index is 13.4. The zero-order valence-corrected chi connectivity index (χ0v) is 16.0. The molecule has 0 unspecified atom stereocenters. The third-order valence-electron chi connectivity index (χ3n) is 2.99. The molecule has 0 radical (unpaired) electrons. The molecule has 0 atom stereocenters. The van der Waals surface area contributed by atoms with Crippen molar-refractivity contribution in [3.63, 3.8) is 0 Å². The number of hydrogen-bond donors (Lipinski definition) is 0. The predicted octanol–water partition coefficient (Wildman–Crippen LogP) is 4.26. The van der Waals surface area contributed by atoms with Gasteiger partial charge in [-0.1, -0.05) is 0 Å². The highest BCUT2D eigenvalue weighted by atomic mass is 31.2. The molecule has 0 rings (SSSR count). The molecule has 0 amide bonds. The molecular formula is C15H26O6P2. The van der Waals surface area contributed by atoms with Crippen LogP contribution in [0.2, 0.25) is 0 Å². The van der Waals surface area contributed by atoms with E-state index in [0.29, 0.717) is 0 Å². The van der Waals surface area contributed by atoms with E-state index in [9.17, 15) is 9.13 Å². The third-order valence-corrected chi connectivity index (χ3v) is 9.52. The van der Waals surface area contributed by atoms with Crippen LogP contribution in [0.15, 0.2) is 0 Å². The van der Waals surface area contributed by atoms with E-state index >= 15 is 0 Å². The Balaban J connectivity index is 6.48. The van der Waals surface area contributed by atoms with Crippen LogP contribution < -0.4 is 0 Å². The summed E-state index contributed by atoms with van der Waals surface area (Å²) in [6.45, 7) is 6.89. The maximum absolute atomic E-state index is 13.4. The summed E-state index contributed by atoms with van der Waals surface area (Å²) in [6.07, 6.45) is 10.4. The van der Waals surface area contributed by atoms with Crippen LogP contribution in [-0.2, 0) is 27.2 Å². The van der Waals surface area contributed by atoms with Crippen LogP contribution in [0.4, 0.5) is 0 Å². The lowest BCUT2D eigenvalue weighted by Gasteiger charge is -2.40. The summed E-state index contributed by atoms with van der Waals surface area (Å²) >= 11 is 0. The Morgan fingerprint density at radius 3 is 1.17 bits per heavy atom. The van der Waals surface area contributed by atoms with Gasteiger partial charge < -0.3 is 18.1 Å². The van der Waals surface area contributed by atoms with E-state index in [0.717, 1.165) is 0 Å². The van der Waals surface area contributed by atoms with Gasteiger partial charge in [0.2, 0.25) is 0 Å². The van der Waals surface area contributed by atoms with Crippen LogP contribution in [0, 0.1) is 24.7 Å². The van der Waals surface area contributed by atoms with Crippen molar-refractivity contribution < 1.29 is 27.2 Å². The Morgan fingerprint density at radius 1 is 0.739 bits per heavy atom. The molecule has 132 valence electrons. The van der Waals surface area contributed by atoms with Gasteiger partial charge in [0.05, 0.1) is 26.4 Å². The highest BCUT2D eigenvalue weighted by Gasteiger charge is 2.64. The molecule has 0 aromatic heterocycles. The molecule has 0 heterocycles. The first-order chi connectivity index (χ1) is 10.9. The van der Waals surface area contributed by atoms with Crippen molar-refractivity contribution in [1.82, 2.24) is 0 Å². The van der Waals surface area contributed by atoms with Crippen molar-refractivity contribution in [2.24, 2.45) is 0 Å². The minimum Gasteiger partial charge on any atom is -0.308 e. The molecule has 8 heteroatoms. The minimum absolute atomic E-state index is 0.0758. The van der Waals surface area contributed by atoms with Gasteiger partial charge in [0, 0.05) is 12.8 Å². The molecule has 0 aliphatic carbocycles. The zero-order valence-electron chi connectivity index (χ0n) is 14.2. The van der Waals surface area contributed by atoms with Crippen molar-refractivity contribution in [2.75, 3.05) is 26.4 Å². The van der Waals surface area contributed by atoms with Gasteiger partial charge in [0.15, 0.2) is 4.90 Å². The molecule has 0 saturated carbocycles. The largest absolute Gasteiger partial charge is 0.350 e. The van der Waals surface area contributed by atoms with E-state index in [-0.39, 0.29) is 39.3 Å². The van der Waals surface area contributed by atoms with Crippen LogP contribution in [0.3, 0.4) is 0 Å². The number of rotatable bonds is 12. The standard InChI is InChI=1S/C15H26O6P2/c1-7-13-15(14-8-2,22(16,18-9-3)19-10-4)23(17,20-11-5)21-12-6/h1-2H,9-14H2,3-6H3. The molecule has 0 aromatic rings. The normalized spacial score (nSPS) is 12.6. The number of hydrogen-bond acceptors (Lipinski definition) is 6. The average molecular weight is 364 g/mol. The summed E-state index contributed by atoms with van der Waals surface area (Å²) in [5.74, 6) is 4.76. The molecule has 23 heavy (non-hydrogen) atoms. The fraction of sp³-hybridized carbons (Fsp3) is 0.733. The molecular weight excluding hydrogens is 338 g/mol. The Morgan fingerprint density at radius 2 is 1.00 bits per heavy atom. The van der Waals surface area contributed by atoms with Gasteiger partial charge in [-0.15, -0.1) is 24.7 Å². The first-order valence-electron chi connectivity index (χ1n) is 7.52. The topological polar surface area (TPSA) is 71.1 Å². The smallest absolute Gasteiger partial charge is 0.308 e. The third kappa shape index (κ3) is 4.71. The Labute approximate surface area is 139 Å². The molecule has 0 bridgehead atoms. The summed E-state index contributed by atoms with van der Waals surface area (Å²) in [5, 5.41) is 0. The number of terminal acetylenes is 2. The van der Waals surface area contributed by atoms with Crippen molar-refractivity contribution in [3.8, 4) is 24.7 Å². The zero-order chi connectivity index (χ0) is 18.0. The lowest BCUT2D eigenvalue weighted by Crippen LogP contribution is -2.33. The van der Waals surface area contributed by atoms with E-state index in [1.165, 1.54) is 0 Å². The summed E-state index contributed by atoms with van der Waals surface area (Å²) in [5.41, 5.74) is 0. The van der Waals surface area contributed by atoms with Crippen LogP contribution in [-0.4, -0.2) is 31.3 Å². The molecule has 0 aliphatic heterocycles. The molecule has 0 saturated heterocycles. The van der Waals surface area contributed by atoms with Crippen molar-refractivity contribution in [2.45, 2.75) is 45.4 Å². The van der Waals surface area contributed by atoms with Crippen molar-refractivity contribution in [1.29, 1.82) is 0 Å². The monoisotopic (exact) mass is 364 g/mol. The van der Waals surface area contributed by atoms with E-state index in [2.05, 4.69) is 11.8 Å². The molecule has 0 fully saturated rings. The second kappa shape index (κ2) is 10.3. The second-order valence-electron chi connectivity index (χ2n) is 4.41. The fourth-order valence-corrected chi connectivity index (χ4v) is 7.66. The highest BCUT2D eigenvalue weighted by Crippen LogP contribution is 2.80. The molecule has 0 aliphatic rings. The summed E-state index contributed by atoms with van der Waals surface area (Å²) in [7, 11) is -7.95. The Kier molecular flexibility index (Phi) is 10.1. The minimum atomic E-state index is -3.97. The van der Waals surface area contributed by atoms with Crippen LogP contribution in [0.25, 0.3) is 0 Å². The van der Waals surface area contributed by atoms with Gasteiger partial charge in [0.25, 0.3) is 0 Å².